The van der Waals surface area contributed by atoms with Crippen LogP contribution in [0.3, 0.4) is 0 Å². The summed E-state index contributed by atoms with van der Waals surface area (Å²) in [7, 11) is -2.35. The number of hydrogen-bond donors (Lipinski definition) is 1. The third kappa shape index (κ3) is 5.25. The highest BCUT2D eigenvalue weighted by Gasteiger charge is 2.20. The molecular formula is C21H19BO7S. The number of ether oxygens (including phenoxy) is 2. The summed E-state index contributed by atoms with van der Waals surface area (Å²) >= 11 is 0. The molecule has 3 rings (SSSR count). The first-order valence-corrected chi connectivity index (χ1v) is 10.8. The second-order valence-electron chi connectivity index (χ2n) is 6.52. The molecule has 0 fully saturated rings. The molecule has 3 aromatic carbocycles. The van der Waals surface area contributed by atoms with Crippen molar-refractivity contribution in [1.82, 2.24) is 0 Å². The molecule has 0 spiro atoms. The van der Waals surface area contributed by atoms with Crippen LogP contribution in [-0.2, 0) is 21.2 Å². The lowest BCUT2D eigenvalue weighted by Gasteiger charge is -2.12. The van der Waals surface area contributed by atoms with Gasteiger partial charge in [-0.15, -0.1) is 0 Å². The molecule has 0 aliphatic rings. The number of esters is 2. The molecule has 0 saturated carbocycles. The molecule has 0 radical (unpaired) electrons. The van der Waals surface area contributed by atoms with Crippen molar-refractivity contribution in [3.05, 3.63) is 77.4 Å². The van der Waals surface area contributed by atoms with Crippen LogP contribution in [0.5, 0.6) is 5.75 Å². The molecule has 0 saturated heterocycles. The van der Waals surface area contributed by atoms with Crippen molar-refractivity contribution >= 4 is 40.7 Å². The summed E-state index contributed by atoms with van der Waals surface area (Å²) in [5.74, 6) is -2.20. The number of fused-ring (bicyclic) bond motifs is 1. The Morgan fingerprint density at radius 2 is 1.67 bits per heavy atom. The van der Waals surface area contributed by atoms with E-state index < -0.39 is 34.4 Å². The van der Waals surface area contributed by atoms with Crippen molar-refractivity contribution in [3.63, 3.8) is 0 Å². The third-order valence-corrected chi connectivity index (χ3v) is 5.14. The second-order valence-corrected chi connectivity index (χ2v) is 8.09. The fraction of sp³-hybridized carbons (Fsp3) is 0.143. The average Bonchev–Trinajstić information content (AvgIpc) is 2.72. The SMILES string of the molecule is BCc1ccc(C(=O)OCCS(=O)(=O)O)c(OC(=O)c2cccc3ccccc23)c1. The van der Waals surface area contributed by atoms with Crippen molar-refractivity contribution < 1.29 is 32.0 Å². The summed E-state index contributed by atoms with van der Waals surface area (Å²) in [5.41, 5.74) is 1.17. The van der Waals surface area contributed by atoms with Gasteiger partial charge in [0, 0.05) is 0 Å². The number of rotatable bonds is 7. The van der Waals surface area contributed by atoms with Gasteiger partial charge in [0.15, 0.2) is 0 Å². The summed E-state index contributed by atoms with van der Waals surface area (Å²) in [4.78, 5) is 25.3. The van der Waals surface area contributed by atoms with Gasteiger partial charge in [0.2, 0.25) is 0 Å². The third-order valence-electron chi connectivity index (χ3n) is 4.46. The Morgan fingerprint density at radius 3 is 2.40 bits per heavy atom. The van der Waals surface area contributed by atoms with E-state index in [9.17, 15) is 18.0 Å². The van der Waals surface area contributed by atoms with E-state index in [0.29, 0.717) is 17.3 Å². The van der Waals surface area contributed by atoms with Crippen LogP contribution < -0.4 is 4.74 Å². The van der Waals surface area contributed by atoms with Crippen molar-refractivity contribution in [2.75, 3.05) is 12.4 Å². The summed E-state index contributed by atoms with van der Waals surface area (Å²) in [6, 6.07) is 17.3. The quantitative estimate of drug-likeness (QED) is 0.267. The summed E-state index contributed by atoms with van der Waals surface area (Å²) in [5, 5.41) is 1.59. The molecule has 1 N–H and O–H groups in total. The standard InChI is InChI=1S/C21H19BO7S/c22-13-14-8-9-18(20(23)28-10-11-30(25,26)27)19(12-14)29-21(24)17-7-3-5-15-4-1-2-6-16(15)17/h1-9,12H,10-11,13,22H2,(H,25,26,27). The van der Waals surface area contributed by atoms with Gasteiger partial charge < -0.3 is 9.47 Å². The first-order valence-electron chi connectivity index (χ1n) is 9.23. The lowest BCUT2D eigenvalue weighted by molar-refractivity contribution is 0.0522. The van der Waals surface area contributed by atoms with E-state index in [0.717, 1.165) is 10.9 Å². The Kier molecular flexibility index (Phi) is 6.54. The first-order chi connectivity index (χ1) is 14.3. The average molecular weight is 426 g/mol. The van der Waals surface area contributed by atoms with Crippen molar-refractivity contribution in [1.29, 1.82) is 0 Å². The zero-order valence-corrected chi connectivity index (χ0v) is 17.0. The lowest BCUT2D eigenvalue weighted by atomic mass is 9.96. The second kappa shape index (κ2) is 9.10. The first kappa shape index (κ1) is 21.5. The number of carbonyl (C=O) groups excluding carboxylic acids is 2. The minimum Gasteiger partial charge on any atom is -0.461 e. The highest BCUT2D eigenvalue weighted by molar-refractivity contribution is 7.85. The molecule has 0 bridgehead atoms. The number of hydrogen-bond acceptors (Lipinski definition) is 6. The Hall–Kier alpha value is -3.17. The summed E-state index contributed by atoms with van der Waals surface area (Å²) in [6.07, 6.45) is 0.650. The summed E-state index contributed by atoms with van der Waals surface area (Å²) in [6.45, 7) is -0.524. The van der Waals surface area contributed by atoms with Gasteiger partial charge in [-0.25, -0.2) is 9.59 Å². The number of carbonyl (C=O) groups is 2. The van der Waals surface area contributed by atoms with Gasteiger partial charge in [0.05, 0.1) is 5.56 Å². The van der Waals surface area contributed by atoms with Gasteiger partial charge in [-0.05, 0) is 29.0 Å². The van der Waals surface area contributed by atoms with E-state index in [1.54, 1.807) is 30.3 Å². The summed E-state index contributed by atoms with van der Waals surface area (Å²) < 4.78 is 40.8. The van der Waals surface area contributed by atoms with Gasteiger partial charge in [0.25, 0.3) is 10.1 Å². The topological polar surface area (TPSA) is 107 Å². The largest absolute Gasteiger partial charge is 0.461 e. The lowest BCUT2D eigenvalue weighted by Crippen LogP contribution is -2.17. The minimum atomic E-state index is -4.26. The molecule has 0 aliphatic heterocycles. The molecule has 3 aromatic rings. The molecule has 0 amide bonds. The molecule has 0 heterocycles. The maximum atomic E-state index is 12.9. The molecule has 0 unspecified atom stereocenters. The van der Waals surface area contributed by atoms with Crippen LogP contribution in [0.15, 0.2) is 60.7 Å². The van der Waals surface area contributed by atoms with Crippen molar-refractivity contribution in [2.24, 2.45) is 0 Å². The molecule has 0 aliphatic carbocycles. The van der Waals surface area contributed by atoms with Crippen LogP contribution in [0.25, 0.3) is 10.8 Å². The van der Waals surface area contributed by atoms with Crippen molar-refractivity contribution in [2.45, 2.75) is 6.32 Å². The molecule has 0 aromatic heterocycles. The zero-order chi connectivity index (χ0) is 21.7. The van der Waals surface area contributed by atoms with Crippen LogP contribution in [0.2, 0.25) is 0 Å². The smallest absolute Gasteiger partial charge is 0.344 e. The molecule has 9 heteroatoms. The van der Waals surface area contributed by atoms with E-state index >= 15 is 0 Å². The normalized spacial score (nSPS) is 11.2. The van der Waals surface area contributed by atoms with E-state index in [-0.39, 0.29) is 11.3 Å². The van der Waals surface area contributed by atoms with E-state index in [1.165, 1.54) is 6.07 Å². The molecular weight excluding hydrogens is 407 g/mol. The van der Waals surface area contributed by atoms with Gasteiger partial charge in [-0.3, -0.25) is 4.55 Å². The maximum Gasteiger partial charge on any atom is 0.344 e. The van der Waals surface area contributed by atoms with Crippen LogP contribution in [0.1, 0.15) is 26.3 Å². The van der Waals surface area contributed by atoms with Gasteiger partial charge in [-0.2, -0.15) is 8.42 Å². The van der Waals surface area contributed by atoms with Gasteiger partial charge in [0.1, 0.15) is 31.5 Å². The van der Waals surface area contributed by atoms with Gasteiger partial charge >= 0.3 is 11.9 Å². The van der Waals surface area contributed by atoms with Crippen LogP contribution >= 0.6 is 0 Å². The Labute approximate surface area is 174 Å². The fourth-order valence-corrected chi connectivity index (χ4v) is 3.21. The predicted octanol–water partition coefficient (Wildman–Crippen LogP) is 2.24. The van der Waals surface area contributed by atoms with Crippen LogP contribution in [-0.4, -0.2) is 45.1 Å². The van der Waals surface area contributed by atoms with E-state index in [4.69, 9.17) is 14.0 Å². The Morgan fingerprint density at radius 1 is 0.933 bits per heavy atom. The molecule has 154 valence electrons. The van der Waals surface area contributed by atoms with Crippen LogP contribution in [0.4, 0.5) is 0 Å². The molecule has 7 nitrogen and oxygen atoms in total. The molecule has 0 atom stereocenters. The predicted molar refractivity (Wildman–Crippen MR) is 114 cm³/mol. The minimum absolute atomic E-state index is 0.0175. The monoisotopic (exact) mass is 426 g/mol. The Balaban J connectivity index is 1.88. The van der Waals surface area contributed by atoms with Gasteiger partial charge in [-0.1, -0.05) is 54.3 Å². The van der Waals surface area contributed by atoms with E-state index in [2.05, 4.69) is 0 Å². The highest BCUT2D eigenvalue weighted by Crippen LogP contribution is 2.25. The molecule has 30 heavy (non-hydrogen) atoms. The fourth-order valence-electron chi connectivity index (χ4n) is 2.92. The zero-order valence-electron chi connectivity index (χ0n) is 16.2. The van der Waals surface area contributed by atoms with Crippen LogP contribution in [0, 0.1) is 0 Å². The number of benzene rings is 3. The Bertz CT molecular complexity index is 1200. The van der Waals surface area contributed by atoms with E-state index in [1.807, 2.05) is 32.1 Å². The van der Waals surface area contributed by atoms with Crippen molar-refractivity contribution in [3.8, 4) is 5.75 Å². The maximum absolute atomic E-state index is 12.9. The highest BCUT2D eigenvalue weighted by atomic mass is 32.2.